The Morgan fingerprint density at radius 1 is 1.47 bits per heavy atom. The molecule has 15 heavy (non-hydrogen) atoms. The molecule has 0 spiro atoms. The van der Waals surface area contributed by atoms with Crippen molar-refractivity contribution in [2.45, 2.75) is 19.6 Å². The van der Waals surface area contributed by atoms with Crippen molar-refractivity contribution in [2.75, 3.05) is 7.05 Å². The van der Waals surface area contributed by atoms with Crippen LogP contribution in [0.3, 0.4) is 0 Å². The van der Waals surface area contributed by atoms with Crippen LogP contribution in [0.5, 0.6) is 5.75 Å². The molecule has 0 saturated heterocycles. The van der Waals surface area contributed by atoms with E-state index in [1.165, 1.54) is 0 Å². The Hall–Kier alpha value is -1.55. The molecule has 0 aromatic heterocycles. The normalized spacial score (nSPS) is 12.1. The van der Waals surface area contributed by atoms with Crippen LogP contribution < -0.4 is 15.8 Å². The number of carbonyl (C=O) groups is 1. The van der Waals surface area contributed by atoms with Crippen molar-refractivity contribution in [3.8, 4) is 5.75 Å². The SMILES string of the molecule is CNCc1ccc(OC(C)C(N)=O)cc1. The summed E-state index contributed by atoms with van der Waals surface area (Å²) in [5.41, 5.74) is 6.25. The molecule has 4 nitrogen and oxygen atoms in total. The van der Waals surface area contributed by atoms with E-state index in [2.05, 4.69) is 5.32 Å². The largest absolute Gasteiger partial charge is 0.481 e. The highest BCUT2D eigenvalue weighted by atomic mass is 16.5. The minimum absolute atomic E-state index is 0.464. The second kappa shape index (κ2) is 5.36. The molecule has 0 aliphatic carbocycles. The summed E-state index contributed by atoms with van der Waals surface area (Å²) < 4.78 is 5.31. The van der Waals surface area contributed by atoms with Crippen LogP contribution in [0.25, 0.3) is 0 Å². The number of primary amides is 1. The summed E-state index contributed by atoms with van der Waals surface area (Å²) in [7, 11) is 1.89. The number of ether oxygens (including phenoxy) is 1. The van der Waals surface area contributed by atoms with Gasteiger partial charge in [-0.1, -0.05) is 12.1 Å². The Morgan fingerprint density at radius 2 is 2.07 bits per heavy atom. The molecule has 1 atom stereocenters. The Morgan fingerprint density at radius 3 is 2.53 bits per heavy atom. The summed E-state index contributed by atoms with van der Waals surface area (Å²) in [6, 6.07) is 7.54. The van der Waals surface area contributed by atoms with Crippen LogP contribution in [0.15, 0.2) is 24.3 Å². The maximum Gasteiger partial charge on any atom is 0.258 e. The number of carbonyl (C=O) groups excluding carboxylic acids is 1. The van der Waals surface area contributed by atoms with Crippen molar-refractivity contribution in [1.29, 1.82) is 0 Å². The lowest BCUT2D eigenvalue weighted by molar-refractivity contribution is -0.123. The van der Waals surface area contributed by atoms with E-state index in [0.29, 0.717) is 5.75 Å². The zero-order chi connectivity index (χ0) is 11.3. The van der Waals surface area contributed by atoms with Crippen LogP contribution in [0.2, 0.25) is 0 Å². The monoisotopic (exact) mass is 208 g/mol. The summed E-state index contributed by atoms with van der Waals surface area (Å²) in [5.74, 6) is 0.190. The number of hydrogen-bond acceptors (Lipinski definition) is 3. The van der Waals surface area contributed by atoms with Gasteiger partial charge in [0.25, 0.3) is 5.91 Å². The number of rotatable bonds is 5. The zero-order valence-electron chi connectivity index (χ0n) is 8.99. The molecule has 0 heterocycles. The molecule has 0 aliphatic heterocycles. The molecule has 0 fully saturated rings. The molecule has 82 valence electrons. The van der Waals surface area contributed by atoms with Gasteiger partial charge in [0.05, 0.1) is 0 Å². The third-order valence-electron chi connectivity index (χ3n) is 2.02. The van der Waals surface area contributed by atoms with Gasteiger partial charge in [-0.25, -0.2) is 0 Å². The Bertz CT molecular complexity index is 322. The molecule has 0 saturated carbocycles. The van der Waals surface area contributed by atoms with Gasteiger partial charge in [-0.2, -0.15) is 0 Å². The highest BCUT2D eigenvalue weighted by Crippen LogP contribution is 2.13. The molecule has 0 aliphatic rings. The van der Waals surface area contributed by atoms with Crippen LogP contribution >= 0.6 is 0 Å². The van der Waals surface area contributed by atoms with Crippen LogP contribution in [-0.4, -0.2) is 19.1 Å². The first-order chi connectivity index (χ1) is 7.13. The Kier molecular flexibility index (Phi) is 4.12. The van der Waals surface area contributed by atoms with Crippen LogP contribution in [-0.2, 0) is 11.3 Å². The summed E-state index contributed by atoms with van der Waals surface area (Å²) in [5, 5.41) is 3.05. The standard InChI is InChI=1S/C11H16N2O2/c1-8(11(12)14)15-10-5-3-9(4-6-10)7-13-2/h3-6,8,13H,7H2,1-2H3,(H2,12,14). The van der Waals surface area contributed by atoms with Gasteiger partial charge in [-0.05, 0) is 31.7 Å². The second-order valence-corrected chi connectivity index (χ2v) is 3.34. The highest BCUT2D eigenvalue weighted by molar-refractivity contribution is 5.78. The quantitative estimate of drug-likeness (QED) is 0.747. The summed E-state index contributed by atoms with van der Waals surface area (Å²) in [6.07, 6.45) is -0.597. The Balaban J connectivity index is 2.60. The van der Waals surface area contributed by atoms with Gasteiger partial charge in [0.1, 0.15) is 5.75 Å². The third kappa shape index (κ3) is 3.59. The number of hydrogen-bond donors (Lipinski definition) is 2. The van der Waals surface area contributed by atoms with Crippen LogP contribution in [0.1, 0.15) is 12.5 Å². The lowest BCUT2D eigenvalue weighted by atomic mass is 10.2. The van der Waals surface area contributed by atoms with E-state index in [4.69, 9.17) is 10.5 Å². The fraction of sp³-hybridized carbons (Fsp3) is 0.364. The van der Waals surface area contributed by atoms with Crippen LogP contribution in [0.4, 0.5) is 0 Å². The maximum atomic E-state index is 10.8. The van der Waals surface area contributed by atoms with Crippen molar-refractivity contribution in [1.82, 2.24) is 5.32 Å². The number of benzene rings is 1. The number of amides is 1. The summed E-state index contributed by atoms with van der Waals surface area (Å²) in [6.45, 7) is 2.44. The van der Waals surface area contributed by atoms with E-state index < -0.39 is 12.0 Å². The minimum Gasteiger partial charge on any atom is -0.481 e. The highest BCUT2D eigenvalue weighted by Gasteiger charge is 2.09. The molecule has 0 bridgehead atoms. The smallest absolute Gasteiger partial charge is 0.258 e. The van der Waals surface area contributed by atoms with Gasteiger partial charge in [0.2, 0.25) is 0 Å². The van der Waals surface area contributed by atoms with E-state index in [1.54, 1.807) is 6.92 Å². The summed E-state index contributed by atoms with van der Waals surface area (Å²) >= 11 is 0. The molecule has 1 unspecified atom stereocenters. The maximum absolute atomic E-state index is 10.8. The van der Waals surface area contributed by atoms with Gasteiger partial charge >= 0.3 is 0 Å². The van der Waals surface area contributed by atoms with E-state index in [0.717, 1.165) is 12.1 Å². The van der Waals surface area contributed by atoms with Crippen molar-refractivity contribution >= 4 is 5.91 Å². The average Bonchev–Trinajstić information content (AvgIpc) is 2.21. The third-order valence-corrected chi connectivity index (χ3v) is 2.02. The number of nitrogens with one attached hydrogen (secondary N) is 1. The van der Waals surface area contributed by atoms with E-state index in [1.807, 2.05) is 31.3 Å². The van der Waals surface area contributed by atoms with Crippen LogP contribution in [0, 0.1) is 0 Å². The number of nitrogens with two attached hydrogens (primary N) is 1. The van der Waals surface area contributed by atoms with Gasteiger partial charge in [-0.3, -0.25) is 4.79 Å². The molecule has 4 heteroatoms. The predicted octanol–water partition coefficient (Wildman–Crippen LogP) is 0.659. The second-order valence-electron chi connectivity index (χ2n) is 3.34. The van der Waals surface area contributed by atoms with Crippen molar-refractivity contribution in [2.24, 2.45) is 5.73 Å². The molecule has 1 aromatic carbocycles. The first-order valence-electron chi connectivity index (χ1n) is 4.83. The average molecular weight is 208 g/mol. The van der Waals surface area contributed by atoms with E-state index in [9.17, 15) is 4.79 Å². The van der Waals surface area contributed by atoms with Crippen molar-refractivity contribution in [3.63, 3.8) is 0 Å². The first-order valence-corrected chi connectivity index (χ1v) is 4.83. The zero-order valence-corrected chi connectivity index (χ0v) is 8.99. The molecule has 3 N–H and O–H groups in total. The fourth-order valence-electron chi connectivity index (χ4n) is 1.15. The first kappa shape index (κ1) is 11.5. The van der Waals surface area contributed by atoms with Crippen molar-refractivity contribution < 1.29 is 9.53 Å². The van der Waals surface area contributed by atoms with Gasteiger partial charge < -0.3 is 15.8 Å². The Labute approximate surface area is 89.4 Å². The fourth-order valence-corrected chi connectivity index (χ4v) is 1.15. The van der Waals surface area contributed by atoms with Gasteiger partial charge in [-0.15, -0.1) is 0 Å². The molecule has 1 amide bonds. The predicted molar refractivity (Wildman–Crippen MR) is 58.5 cm³/mol. The van der Waals surface area contributed by atoms with Gasteiger partial charge in [0.15, 0.2) is 6.10 Å². The molecule has 1 aromatic rings. The topological polar surface area (TPSA) is 64.3 Å². The minimum atomic E-state index is -0.597. The van der Waals surface area contributed by atoms with Gasteiger partial charge in [0, 0.05) is 6.54 Å². The van der Waals surface area contributed by atoms with E-state index in [-0.39, 0.29) is 0 Å². The van der Waals surface area contributed by atoms with Crippen molar-refractivity contribution in [3.05, 3.63) is 29.8 Å². The van der Waals surface area contributed by atoms with E-state index >= 15 is 0 Å². The molecule has 1 rings (SSSR count). The molecule has 0 radical (unpaired) electrons. The molecular formula is C11H16N2O2. The molecular weight excluding hydrogens is 192 g/mol. The lowest BCUT2D eigenvalue weighted by Gasteiger charge is -2.11. The lowest BCUT2D eigenvalue weighted by Crippen LogP contribution is -2.30. The summed E-state index contributed by atoms with van der Waals surface area (Å²) in [4.78, 5) is 10.8.